The molecule has 2 heterocycles. The summed E-state index contributed by atoms with van der Waals surface area (Å²) in [4.78, 5) is 25.5. The molecule has 0 radical (unpaired) electrons. The highest BCUT2D eigenvalue weighted by Gasteiger charge is 2.19. The Balaban J connectivity index is 1.76. The zero-order valence-electron chi connectivity index (χ0n) is 10.9. The summed E-state index contributed by atoms with van der Waals surface area (Å²) in [6, 6.07) is 0. The lowest BCUT2D eigenvalue weighted by Gasteiger charge is -2.27. The summed E-state index contributed by atoms with van der Waals surface area (Å²) < 4.78 is 0. The molecule has 0 saturated carbocycles. The Morgan fingerprint density at radius 2 is 1.89 bits per heavy atom. The number of hydrogen-bond acceptors (Lipinski definition) is 3. The van der Waals surface area contributed by atoms with E-state index in [1.54, 1.807) is 0 Å². The standard InChI is InChI=1S/C13H21N3O2/c1-10(11-7-14-8-11)13(18)15-9-12(17)16-5-3-2-4-6-16/h14H,2-9H2,1H3,(H,15,18). The van der Waals surface area contributed by atoms with E-state index in [0.717, 1.165) is 50.2 Å². The third-order valence-corrected chi connectivity index (χ3v) is 3.66. The quantitative estimate of drug-likeness (QED) is 0.696. The first-order chi connectivity index (χ1) is 8.68. The van der Waals surface area contributed by atoms with E-state index in [0.29, 0.717) is 0 Å². The fourth-order valence-corrected chi connectivity index (χ4v) is 2.22. The molecule has 0 unspecified atom stereocenters. The molecule has 100 valence electrons. The van der Waals surface area contributed by atoms with E-state index in [9.17, 15) is 9.59 Å². The maximum atomic E-state index is 11.9. The number of carbonyl (C=O) groups is 2. The highest BCUT2D eigenvalue weighted by Crippen LogP contribution is 2.10. The van der Waals surface area contributed by atoms with Crippen molar-refractivity contribution in [3.8, 4) is 0 Å². The highest BCUT2D eigenvalue weighted by molar-refractivity contribution is 5.96. The van der Waals surface area contributed by atoms with Crippen molar-refractivity contribution >= 4 is 11.8 Å². The Hall–Kier alpha value is -1.36. The SMILES string of the molecule is CC(C(=O)NCC(=O)N1CCCCC1)=C1CNC1. The minimum absolute atomic E-state index is 0.0348. The second kappa shape index (κ2) is 6.00. The van der Waals surface area contributed by atoms with Crippen molar-refractivity contribution in [2.24, 2.45) is 0 Å². The summed E-state index contributed by atoms with van der Waals surface area (Å²) in [5, 5.41) is 5.81. The van der Waals surface area contributed by atoms with E-state index in [4.69, 9.17) is 0 Å². The molecule has 18 heavy (non-hydrogen) atoms. The number of nitrogens with zero attached hydrogens (tertiary/aromatic N) is 1. The molecular formula is C13H21N3O2. The molecule has 0 aromatic heterocycles. The molecule has 0 aromatic rings. The molecule has 0 atom stereocenters. The fraction of sp³-hybridized carbons (Fsp3) is 0.692. The van der Waals surface area contributed by atoms with Gasteiger partial charge in [-0.05, 0) is 31.8 Å². The van der Waals surface area contributed by atoms with Crippen LogP contribution in [0.5, 0.6) is 0 Å². The maximum absolute atomic E-state index is 11.9. The Morgan fingerprint density at radius 3 is 2.44 bits per heavy atom. The van der Waals surface area contributed by atoms with Crippen LogP contribution in [0.2, 0.25) is 0 Å². The van der Waals surface area contributed by atoms with Gasteiger partial charge in [0.1, 0.15) is 0 Å². The van der Waals surface area contributed by atoms with Crippen LogP contribution in [0.3, 0.4) is 0 Å². The van der Waals surface area contributed by atoms with Crippen LogP contribution in [0.4, 0.5) is 0 Å². The third-order valence-electron chi connectivity index (χ3n) is 3.66. The number of carbonyl (C=O) groups excluding carboxylic acids is 2. The van der Waals surface area contributed by atoms with Crippen molar-refractivity contribution in [2.45, 2.75) is 26.2 Å². The second-order valence-corrected chi connectivity index (χ2v) is 4.96. The molecule has 0 aliphatic carbocycles. The number of piperidine rings is 1. The Bertz CT molecular complexity index is 364. The number of hydrogen-bond donors (Lipinski definition) is 2. The summed E-state index contributed by atoms with van der Waals surface area (Å²) in [6.45, 7) is 5.18. The van der Waals surface area contributed by atoms with Crippen LogP contribution in [0, 0.1) is 0 Å². The largest absolute Gasteiger partial charge is 0.343 e. The van der Waals surface area contributed by atoms with Gasteiger partial charge in [-0.3, -0.25) is 9.59 Å². The fourth-order valence-electron chi connectivity index (χ4n) is 2.22. The Labute approximate surface area is 108 Å². The molecule has 2 amide bonds. The predicted octanol–water partition coefficient (Wildman–Crippen LogP) is 0.0348. The van der Waals surface area contributed by atoms with Gasteiger partial charge in [-0.25, -0.2) is 0 Å². The van der Waals surface area contributed by atoms with Crippen molar-refractivity contribution in [3.63, 3.8) is 0 Å². The summed E-state index contributed by atoms with van der Waals surface area (Å²) >= 11 is 0. The van der Waals surface area contributed by atoms with Crippen LogP contribution < -0.4 is 10.6 Å². The average molecular weight is 251 g/mol. The second-order valence-electron chi connectivity index (χ2n) is 4.96. The van der Waals surface area contributed by atoms with Crippen LogP contribution in [-0.2, 0) is 9.59 Å². The van der Waals surface area contributed by atoms with Crippen molar-refractivity contribution in [3.05, 3.63) is 11.1 Å². The van der Waals surface area contributed by atoms with E-state index in [-0.39, 0.29) is 18.4 Å². The molecule has 0 aromatic carbocycles. The van der Waals surface area contributed by atoms with Gasteiger partial charge in [0.2, 0.25) is 11.8 Å². The van der Waals surface area contributed by atoms with Gasteiger partial charge in [0.25, 0.3) is 0 Å². The third kappa shape index (κ3) is 3.10. The lowest BCUT2D eigenvalue weighted by molar-refractivity contribution is -0.132. The van der Waals surface area contributed by atoms with E-state index >= 15 is 0 Å². The minimum Gasteiger partial charge on any atom is -0.343 e. The van der Waals surface area contributed by atoms with E-state index < -0.39 is 0 Å². The van der Waals surface area contributed by atoms with Gasteiger partial charge < -0.3 is 15.5 Å². The molecule has 5 nitrogen and oxygen atoms in total. The zero-order valence-corrected chi connectivity index (χ0v) is 10.9. The van der Waals surface area contributed by atoms with Gasteiger partial charge in [0, 0.05) is 31.8 Å². The molecule has 2 fully saturated rings. The molecule has 2 aliphatic heterocycles. The monoisotopic (exact) mass is 251 g/mol. The molecule has 2 saturated heterocycles. The van der Waals surface area contributed by atoms with Crippen LogP contribution in [-0.4, -0.2) is 49.4 Å². The van der Waals surface area contributed by atoms with Gasteiger partial charge in [-0.15, -0.1) is 0 Å². The van der Waals surface area contributed by atoms with Crippen molar-refractivity contribution in [1.82, 2.24) is 15.5 Å². The first kappa shape index (κ1) is 13.1. The van der Waals surface area contributed by atoms with Crippen molar-refractivity contribution in [1.29, 1.82) is 0 Å². The van der Waals surface area contributed by atoms with Gasteiger partial charge >= 0.3 is 0 Å². The molecule has 2 rings (SSSR count). The van der Waals surface area contributed by atoms with Crippen molar-refractivity contribution < 1.29 is 9.59 Å². The number of amides is 2. The number of rotatable bonds is 3. The molecule has 2 N–H and O–H groups in total. The van der Waals surface area contributed by atoms with Crippen LogP contribution in [0.1, 0.15) is 26.2 Å². The summed E-state index contributed by atoms with van der Waals surface area (Å²) in [6.07, 6.45) is 3.36. The van der Waals surface area contributed by atoms with Gasteiger partial charge in [0.05, 0.1) is 6.54 Å². The predicted molar refractivity (Wildman–Crippen MR) is 69.0 cm³/mol. The van der Waals surface area contributed by atoms with Gasteiger partial charge in [-0.1, -0.05) is 0 Å². The summed E-state index contributed by atoms with van der Waals surface area (Å²) in [5.74, 6) is -0.0792. The maximum Gasteiger partial charge on any atom is 0.247 e. The van der Waals surface area contributed by atoms with E-state index in [1.807, 2.05) is 11.8 Å². The smallest absolute Gasteiger partial charge is 0.247 e. The number of nitrogens with one attached hydrogen (secondary N) is 2. The molecule has 2 aliphatic rings. The lowest BCUT2D eigenvalue weighted by atomic mass is 10.0. The Kier molecular flexibility index (Phi) is 4.36. The molecular weight excluding hydrogens is 230 g/mol. The average Bonchev–Trinajstić information content (AvgIpc) is 2.34. The molecule has 0 spiro atoms. The number of likely N-dealkylation sites (tertiary alicyclic amines) is 1. The molecule has 0 bridgehead atoms. The van der Waals surface area contributed by atoms with Gasteiger partial charge in [-0.2, -0.15) is 0 Å². The normalized spacial score (nSPS) is 19.2. The van der Waals surface area contributed by atoms with Crippen molar-refractivity contribution in [2.75, 3.05) is 32.7 Å². The van der Waals surface area contributed by atoms with E-state index in [2.05, 4.69) is 10.6 Å². The van der Waals surface area contributed by atoms with Crippen LogP contribution in [0.25, 0.3) is 0 Å². The van der Waals surface area contributed by atoms with Crippen LogP contribution in [0.15, 0.2) is 11.1 Å². The summed E-state index contributed by atoms with van der Waals surface area (Å²) in [7, 11) is 0. The Morgan fingerprint density at radius 1 is 1.22 bits per heavy atom. The van der Waals surface area contributed by atoms with Crippen LogP contribution >= 0.6 is 0 Å². The summed E-state index contributed by atoms with van der Waals surface area (Å²) in [5.41, 5.74) is 1.89. The topological polar surface area (TPSA) is 61.4 Å². The van der Waals surface area contributed by atoms with E-state index in [1.165, 1.54) is 6.42 Å². The zero-order chi connectivity index (χ0) is 13.0. The minimum atomic E-state index is -0.114. The molecule has 5 heteroatoms. The van der Waals surface area contributed by atoms with Gasteiger partial charge in [0.15, 0.2) is 0 Å². The first-order valence-electron chi connectivity index (χ1n) is 6.64. The highest BCUT2D eigenvalue weighted by atomic mass is 16.2. The first-order valence-corrected chi connectivity index (χ1v) is 6.64. The lowest BCUT2D eigenvalue weighted by Crippen LogP contribution is -2.43.